The van der Waals surface area contributed by atoms with Crippen LogP contribution in [-0.2, 0) is 16.6 Å². The number of rotatable bonds is 7. The van der Waals surface area contributed by atoms with Gasteiger partial charge in [0.25, 0.3) is 0 Å². The van der Waals surface area contributed by atoms with Gasteiger partial charge >= 0.3 is 0 Å². The fraction of sp³-hybridized carbons (Fsp3) is 0.667. The normalized spacial score (nSPS) is 17.6. The van der Waals surface area contributed by atoms with Crippen molar-refractivity contribution in [1.82, 2.24) is 9.62 Å². The number of halogens is 1. The lowest BCUT2D eigenvalue weighted by Gasteiger charge is -2.24. The van der Waals surface area contributed by atoms with Gasteiger partial charge in [0, 0.05) is 30.1 Å². The molecule has 0 saturated heterocycles. The Bertz CT molecular complexity index is 569. The minimum atomic E-state index is -3.48. The molecule has 114 valence electrons. The maximum absolute atomic E-state index is 12.3. The van der Waals surface area contributed by atoms with E-state index in [9.17, 15) is 8.42 Å². The molecule has 1 aliphatic rings. The maximum atomic E-state index is 12.3. The van der Waals surface area contributed by atoms with E-state index < -0.39 is 10.0 Å². The van der Waals surface area contributed by atoms with Gasteiger partial charge in [-0.3, -0.25) is 4.90 Å². The van der Waals surface area contributed by atoms with Crippen LogP contribution < -0.4 is 10.5 Å². The van der Waals surface area contributed by atoms with E-state index in [-0.39, 0.29) is 10.9 Å². The van der Waals surface area contributed by atoms with Gasteiger partial charge in [-0.1, -0.05) is 0 Å². The van der Waals surface area contributed by atoms with Crippen molar-refractivity contribution in [2.45, 2.75) is 43.3 Å². The van der Waals surface area contributed by atoms with Crippen LogP contribution in [0.5, 0.6) is 0 Å². The zero-order valence-electron chi connectivity index (χ0n) is 11.6. The standard InChI is InChI=1S/C12H20BrN3O2S2/c1-8(16(2)9-3-4-9)7-15-20(17,18)11-5-10(6-14)19-12(11)13/h5,8-9,15H,3-4,6-7,14H2,1-2H3. The first-order valence-corrected chi connectivity index (χ1v) is 9.64. The molecule has 8 heteroatoms. The number of hydrogen-bond acceptors (Lipinski definition) is 5. The van der Waals surface area contributed by atoms with Gasteiger partial charge in [-0.2, -0.15) is 0 Å². The molecule has 0 aliphatic heterocycles. The number of nitrogens with zero attached hydrogens (tertiary/aromatic N) is 1. The molecular weight excluding hydrogens is 362 g/mol. The quantitative estimate of drug-likeness (QED) is 0.753. The molecule has 2 rings (SSSR count). The highest BCUT2D eigenvalue weighted by Crippen LogP contribution is 2.31. The van der Waals surface area contributed by atoms with Crippen LogP contribution in [0.25, 0.3) is 0 Å². The molecule has 1 saturated carbocycles. The van der Waals surface area contributed by atoms with Crippen LogP contribution in [0.4, 0.5) is 0 Å². The first kappa shape index (κ1) is 16.4. The number of thiophene rings is 1. The Kier molecular flexibility index (Phi) is 5.25. The second-order valence-electron chi connectivity index (χ2n) is 5.15. The predicted molar refractivity (Wildman–Crippen MR) is 85.3 cm³/mol. The van der Waals surface area contributed by atoms with Gasteiger partial charge in [-0.15, -0.1) is 11.3 Å². The molecule has 1 fully saturated rings. The van der Waals surface area contributed by atoms with E-state index in [1.807, 2.05) is 14.0 Å². The highest BCUT2D eigenvalue weighted by molar-refractivity contribution is 9.11. The lowest BCUT2D eigenvalue weighted by atomic mass is 10.3. The van der Waals surface area contributed by atoms with E-state index in [1.165, 1.54) is 24.2 Å². The minimum absolute atomic E-state index is 0.184. The van der Waals surface area contributed by atoms with Crippen LogP contribution in [0.2, 0.25) is 0 Å². The molecular formula is C12H20BrN3O2S2. The van der Waals surface area contributed by atoms with Crippen molar-refractivity contribution in [1.29, 1.82) is 0 Å². The molecule has 1 unspecified atom stereocenters. The topological polar surface area (TPSA) is 75.4 Å². The van der Waals surface area contributed by atoms with Crippen molar-refractivity contribution < 1.29 is 8.42 Å². The molecule has 1 aromatic rings. The van der Waals surface area contributed by atoms with Gasteiger partial charge in [-0.05, 0) is 48.8 Å². The predicted octanol–water partition coefficient (Wildman–Crippen LogP) is 1.73. The first-order chi connectivity index (χ1) is 9.35. The van der Waals surface area contributed by atoms with E-state index in [2.05, 4.69) is 25.6 Å². The Morgan fingerprint density at radius 2 is 2.25 bits per heavy atom. The van der Waals surface area contributed by atoms with Crippen LogP contribution in [0, 0.1) is 0 Å². The summed E-state index contributed by atoms with van der Waals surface area (Å²) < 4.78 is 27.9. The Hall–Kier alpha value is 0.01000. The SMILES string of the molecule is CC(CNS(=O)(=O)c1cc(CN)sc1Br)N(C)C1CC1. The molecule has 1 aromatic heterocycles. The summed E-state index contributed by atoms with van der Waals surface area (Å²) in [5.74, 6) is 0. The second-order valence-corrected chi connectivity index (χ2v) is 9.34. The Labute approximate surface area is 132 Å². The zero-order valence-corrected chi connectivity index (χ0v) is 14.8. The molecule has 1 heterocycles. The highest BCUT2D eigenvalue weighted by atomic mass is 79.9. The van der Waals surface area contributed by atoms with E-state index in [0.29, 0.717) is 22.9 Å². The van der Waals surface area contributed by atoms with Crippen molar-refractivity contribution in [2.75, 3.05) is 13.6 Å². The minimum Gasteiger partial charge on any atom is -0.326 e. The number of nitrogens with two attached hydrogens (primary N) is 1. The molecule has 0 radical (unpaired) electrons. The van der Waals surface area contributed by atoms with E-state index in [1.54, 1.807) is 6.07 Å². The fourth-order valence-electron chi connectivity index (χ4n) is 1.98. The summed E-state index contributed by atoms with van der Waals surface area (Å²) in [6.07, 6.45) is 2.42. The number of hydrogen-bond donors (Lipinski definition) is 2. The van der Waals surface area contributed by atoms with Crippen molar-refractivity contribution in [3.63, 3.8) is 0 Å². The lowest BCUT2D eigenvalue weighted by Crippen LogP contribution is -2.41. The van der Waals surface area contributed by atoms with E-state index in [0.717, 1.165) is 4.88 Å². The summed E-state index contributed by atoms with van der Waals surface area (Å²) in [6, 6.07) is 2.43. The molecule has 0 bridgehead atoms. The molecule has 1 atom stereocenters. The number of nitrogens with one attached hydrogen (secondary N) is 1. The molecule has 3 N–H and O–H groups in total. The summed E-state index contributed by atoms with van der Waals surface area (Å²) in [5, 5.41) is 0. The van der Waals surface area contributed by atoms with E-state index in [4.69, 9.17) is 5.73 Å². The van der Waals surface area contributed by atoms with Crippen molar-refractivity contribution >= 4 is 37.3 Å². The molecule has 0 spiro atoms. The van der Waals surface area contributed by atoms with Crippen molar-refractivity contribution in [3.05, 3.63) is 14.7 Å². The third-order valence-corrected chi connectivity index (χ3v) is 7.28. The Balaban J connectivity index is 2.01. The Morgan fingerprint density at radius 1 is 1.60 bits per heavy atom. The maximum Gasteiger partial charge on any atom is 0.242 e. The average molecular weight is 382 g/mol. The summed E-state index contributed by atoms with van der Waals surface area (Å²) in [6.45, 7) is 2.80. The summed E-state index contributed by atoms with van der Waals surface area (Å²) in [4.78, 5) is 3.36. The smallest absolute Gasteiger partial charge is 0.242 e. The van der Waals surface area contributed by atoms with Gasteiger partial charge in [0.1, 0.15) is 4.90 Å². The lowest BCUT2D eigenvalue weighted by molar-refractivity contribution is 0.248. The van der Waals surface area contributed by atoms with Crippen LogP contribution >= 0.6 is 27.3 Å². The number of likely N-dealkylation sites (N-methyl/N-ethyl adjacent to an activating group) is 1. The Morgan fingerprint density at radius 3 is 2.75 bits per heavy atom. The molecule has 5 nitrogen and oxygen atoms in total. The van der Waals surface area contributed by atoms with Gasteiger partial charge in [0.15, 0.2) is 0 Å². The molecule has 0 aromatic carbocycles. The third kappa shape index (κ3) is 3.80. The monoisotopic (exact) mass is 381 g/mol. The van der Waals surface area contributed by atoms with Crippen LogP contribution in [-0.4, -0.2) is 39.0 Å². The van der Waals surface area contributed by atoms with Crippen molar-refractivity contribution in [2.24, 2.45) is 5.73 Å². The largest absolute Gasteiger partial charge is 0.326 e. The van der Waals surface area contributed by atoms with Crippen molar-refractivity contribution in [3.8, 4) is 0 Å². The van der Waals surface area contributed by atoms with Gasteiger partial charge in [0.2, 0.25) is 10.0 Å². The summed E-state index contributed by atoms with van der Waals surface area (Å²) in [5.41, 5.74) is 5.55. The average Bonchev–Trinajstić information content (AvgIpc) is 3.17. The van der Waals surface area contributed by atoms with Gasteiger partial charge in [0.05, 0.1) is 3.79 Å². The highest BCUT2D eigenvalue weighted by Gasteiger charge is 2.30. The van der Waals surface area contributed by atoms with Gasteiger partial charge < -0.3 is 5.73 Å². The van der Waals surface area contributed by atoms with Crippen LogP contribution in [0.3, 0.4) is 0 Å². The number of sulfonamides is 1. The zero-order chi connectivity index (χ0) is 14.9. The molecule has 1 aliphatic carbocycles. The van der Waals surface area contributed by atoms with Crippen LogP contribution in [0.1, 0.15) is 24.6 Å². The molecule has 20 heavy (non-hydrogen) atoms. The molecule has 0 amide bonds. The first-order valence-electron chi connectivity index (χ1n) is 6.55. The third-order valence-electron chi connectivity index (χ3n) is 3.58. The van der Waals surface area contributed by atoms with Crippen LogP contribution in [0.15, 0.2) is 14.7 Å². The van der Waals surface area contributed by atoms with Gasteiger partial charge in [-0.25, -0.2) is 13.1 Å². The summed E-state index contributed by atoms with van der Waals surface area (Å²) >= 11 is 4.66. The second kappa shape index (κ2) is 6.41. The van der Waals surface area contributed by atoms with E-state index >= 15 is 0 Å². The summed E-state index contributed by atoms with van der Waals surface area (Å²) in [7, 11) is -1.44. The fourth-order valence-corrected chi connectivity index (χ4v) is 5.66.